The maximum atomic E-state index is 14.0. The van der Waals surface area contributed by atoms with Crippen LogP contribution in [0.5, 0.6) is 5.75 Å². The summed E-state index contributed by atoms with van der Waals surface area (Å²) in [6.45, 7) is 3.60. The maximum absolute atomic E-state index is 14.0. The number of carbonyl (C=O) groups excluding carboxylic acids is 3. The maximum Gasteiger partial charge on any atom is 0.230 e. The third kappa shape index (κ3) is 3.37. The number of likely N-dealkylation sites (N-methyl/N-ethyl adjacent to an activating group) is 1. The van der Waals surface area contributed by atoms with Crippen molar-refractivity contribution >= 4 is 28.9 Å². The van der Waals surface area contributed by atoms with E-state index < -0.39 is 76.3 Å². The van der Waals surface area contributed by atoms with E-state index in [1.807, 2.05) is 4.90 Å². The number of anilines is 1. The van der Waals surface area contributed by atoms with Crippen molar-refractivity contribution in [3.05, 3.63) is 28.8 Å². The summed E-state index contributed by atoms with van der Waals surface area (Å²) in [6.07, 6.45) is -3.27. The number of nitrogens with zero attached hydrogens (tertiary/aromatic N) is 2. The number of carbonyl (C=O) groups is 3. The number of hydrogen-bond acceptors (Lipinski definition) is 11. The lowest BCUT2D eigenvalue weighted by Gasteiger charge is -2.56. The van der Waals surface area contributed by atoms with Gasteiger partial charge in [-0.3, -0.25) is 14.4 Å². The molecule has 38 heavy (non-hydrogen) atoms. The van der Waals surface area contributed by atoms with E-state index in [1.165, 1.54) is 19.0 Å². The molecule has 0 aromatic heterocycles. The second-order valence-electron chi connectivity index (χ2n) is 10.9. The molecule has 2 saturated carbocycles. The third-order valence-electron chi connectivity index (χ3n) is 8.82. The van der Waals surface area contributed by atoms with Gasteiger partial charge < -0.3 is 45.8 Å². The summed E-state index contributed by atoms with van der Waals surface area (Å²) in [4.78, 5) is 43.0. The van der Waals surface area contributed by atoms with Gasteiger partial charge in [0.1, 0.15) is 17.4 Å². The van der Waals surface area contributed by atoms with Crippen LogP contribution < -0.4 is 10.6 Å². The second-order valence-corrected chi connectivity index (χ2v) is 10.9. The van der Waals surface area contributed by atoms with Crippen LogP contribution in [0.4, 0.5) is 5.69 Å². The highest BCUT2D eigenvalue weighted by molar-refractivity contribution is 6.25. The van der Waals surface area contributed by atoms with Gasteiger partial charge in [-0.1, -0.05) is 13.0 Å². The van der Waals surface area contributed by atoms with Crippen LogP contribution in [0.1, 0.15) is 24.0 Å². The molecule has 1 aliphatic heterocycles. The van der Waals surface area contributed by atoms with Crippen molar-refractivity contribution in [3.63, 3.8) is 0 Å². The average molecular weight is 532 g/mol. The highest BCUT2D eigenvalue weighted by Crippen LogP contribution is 2.56. The molecule has 8 atom stereocenters. The highest BCUT2D eigenvalue weighted by atomic mass is 16.5. The van der Waals surface area contributed by atoms with Crippen LogP contribution in [-0.2, 0) is 19.1 Å². The summed E-state index contributed by atoms with van der Waals surface area (Å²) in [5.41, 5.74) is 2.92. The van der Waals surface area contributed by atoms with Gasteiger partial charge in [0.15, 0.2) is 11.4 Å². The number of nitrogens with two attached hydrogens (primary N) is 1. The van der Waals surface area contributed by atoms with Gasteiger partial charge in [-0.2, -0.15) is 0 Å². The van der Waals surface area contributed by atoms with Crippen LogP contribution in [0, 0.1) is 17.8 Å². The van der Waals surface area contributed by atoms with E-state index in [0.717, 1.165) is 0 Å². The number of amides is 1. The molecule has 1 saturated heterocycles. The zero-order valence-electron chi connectivity index (χ0n) is 21.4. The van der Waals surface area contributed by atoms with Crippen molar-refractivity contribution in [1.29, 1.82) is 0 Å². The van der Waals surface area contributed by atoms with Crippen molar-refractivity contribution in [3.8, 4) is 5.75 Å². The molecule has 0 bridgehead atoms. The van der Waals surface area contributed by atoms with Gasteiger partial charge in [-0.25, -0.2) is 0 Å². The number of ether oxygens (including phenoxy) is 1. The Hall–Kier alpha value is -3.03. The van der Waals surface area contributed by atoms with Crippen LogP contribution >= 0.6 is 0 Å². The number of aliphatic hydroxyl groups is 4. The van der Waals surface area contributed by atoms with Gasteiger partial charge in [0, 0.05) is 36.5 Å². The van der Waals surface area contributed by atoms with E-state index in [1.54, 1.807) is 19.1 Å². The van der Waals surface area contributed by atoms with Gasteiger partial charge >= 0.3 is 0 Å². The number of aliphatic hydroxyl groups excluding tert-OH is 3. The molecule has 1 aromatic carbocycles. The number of benzene rings is 1. The molecule has 1 heterocycles. The summed E-state index contributed by atoms with van der Waals surface area (Å²) < 4.78 is 5.37. The third-order valence-corrected chi connectivity index (χ3v) is 8.82. The molecule has 3 aliphatic carbocycles. The minimum atomic E-state index is -2.94. The zero-order chi connectivity index (χ0) is 27.8. The number of Topliss-reactive ketones (excluding diaryl/α,β-unsaturated/α-hetero) is 2. The lowest BCUT2D eigenvalue weighted by atomic mass is 9.52. The summed E-state index contributed by atoms with van der Waals surface area (Å²) in [7, 11) is 3.04. The number of phenols is 1. The second kappa shape index (κ2) is 9.02. The lowest BCUT2D eigenvalue weighted by Crippen LogP contribution is -2.76. The number of rotatable bonds is 3. The molecule has 1 amide bonds. The molecular weight excluding hydrogens is 498 g/mol. The van der Waals surface area contributed by atoms with Gasteiger partial charge in [-0.15, -0.1) is 0 Å². The highest BCUT2D eigenvalue weighted by Gasteiger charge is 2.71. The first-order valence-electron chi connectivity index (χ1n) is 12.6. The zero-order valence-corrected chi connectivity index (χ0v) is 21.4. The standard InChI is InChI=1S/C26H33N3O9/c1-10-11-4-5-12(29-6-8-38-9-7-29)19(30)14(11)20(31)15-13(10)21(32)17-18(28(2)3)22(33)16(25(27)36)24(35)26(17,37)23(15)34/h4-5,10,13,16-18,21-22,30-33,37H,6-9H2,1-3H3,(H2,27,36)/t10-,13+,16?,17+,18-,21-,22?,26-/m0/s1. The molecule has 1 aromatic rings. The number of hydrogen-bond donors (Lipinski definition) is 6. The molecule has 7 N–H and O–H groups in total. The van der Waals surface area contributed by atoms with Crippen molar-refractivity contribution in [1.82, 2.24) is 4.90 Å². The van der Waals surface area contributed by atoms with Crippen LogP contribution in [0.2, 0.25) is 0 Å². The smallest absolute Gasteiger partial charge is 0.230 e. The first kappa shape index (κ1) is 26.6. The van der Waals surface area contributed by atoms with Crippen molar-refractivity contribution in [2.75, 3.05) is 45.3 Å². The Morgan fingerprint density at radius 2 is 1.76 bits per heavy atom. The Labute approximate surface area is 218 Å². The van der Waals surface area contributed by atoms with Gasteiger partial charge in [0.25, 0.3) is 0 Å². The van der Waals surface area contributed by atoms with E-state index in [2.05, 4.69) is 0 Å². The topological polar surface area (TPSA) is 194 Å². The number of morpholine rings is 1. The molecule has 206 valence electrons. The van der Waals surface area contributed by atoms with Crippen LogP contribution in [0.15, 0.2) is 17.7 Å². The largest absolute Gasteiger partial charge is 0.507 e. The summed E-state index contributed by atoms with van der Waals surface area (Å²) in [5.74, 6) is -9.78. The summed E-state index contributed by atoms with van der Waals surface area (Å²) in [5, 5.41) is 57.0. The van der Waals surface area contributed by atoms with Crippen LogP contribution in [0.25, 0.3) is 5.76 Å². The summed E-state index contributed by atoms with van der Waals surface area (Å²) >= 11 is 0. The predicted molar refractivity (Wildman–Crippen MR) is 133 cm³/mol. The minimum Gasteiger partial charge on any atom is -0.507 e. The first-order chi connectivity index (χ1) is 17.8. The molecule has 0 spiro atoms. The molecule has 5 rings (SSSR count). The molecule has 12 heteroatoms. The normalized spacial score (nSPS) is 37.1. The number of aromatic hydroxyl groups is 1. The molecular formula is C26H33N3O9. The van der Waals surface area contributed by atoms with E-state index in [0.29, 0.717) is 37.6 Å². The Morgan fingerprint density at radius 3 is 2.34 bits per heavy atom. The first-order valence-corrected chi connectivity index (χ1v) is 12.6. The van der Waals surface area contributed by atoms with Crippen molar-refractivity contribution < 1.29 is 44.7 Å². The van der Waals surface area contributed by atoms with Gasteiger partial charge in [0.05, 0.1) is 36.7 Å². The van der Waals surface area contributed by atoms with E-state index in [-0.39, 0.29) is 11.3 Å². The monoisotopic (exact) mass is 531 g/mol. The Morgan fingerprint density at radius 1 is 1.13 bits per heavy atom. The van der Waals surface area contributed by atoms with Crippen LogP contribution in [-0.4, -0.2) is 112 Å². The Bertz CT molecular complexity index is 1240. The number of primary amides is 1. The fraction of sp³-hybridized carbons (Fsp3) is 0.577. The van der Waals surface area contributed by atoms with E-state index in [9.17, 15) is 39.9 Å². The average Bonchev–Trinajstić information content (AvgIpc) is 2.86. The minimum absolute atomic E-state index is 0.0192. The predicted octanol–water partition coefficient (Wildman–Crippen LogP) is -1.50. The quantitative estimate of drug-likeness (QED) is 0.249. The molecule has 12 nitrogen and oxygen atoms in total. The summed E-state index contributed by atoms with van der Waals surface area (Å²) in [6, 6.07) is 2.22. The van der Waals surface area contributed by atoms with Crippen molar-refractivity contribution in [2.45, 2.75) is 36.7 Å². The number of ketones is 2. The fourth-order valence-electron chi connectivity index (χ4n) is 7.02. The Balaban J connectivity index is 1.71. The molecule has 3 fully saturated rings. The van der Waals surface area contributed by atoms with Crippen molar-refractivity contribution in [2.24, 2.45) is 23.5 Å². The van der Waals surface area contributed by atoms with E-state index in [4.69, 9.17) is 10.5 Å². The number of phenolic OH excluding ortho intramolecular Hbond substituents is 1. The van der Waals surface area contributed by atoms with Crippen LogP contribution in [0.3, 0.4) is 0 Å². The van der Waals surface area contributed by atoms with Gasteiger partial charge in [0.2, 0.25) is 11.7 Å². The van der Waals surface area contributed by atoms with Gasteiger partial charge in [-0.05, 0) is 31.6 Å². The lowest BCUT2D eigenvalue weighted by molar-refractivity contribution is -0.199. The number of fused-ring (bicyclic) bond motifs is 3. The fourth-order valence-corrected chi connectivity index (χ4v) is 7.02. The van der Waals surface area contributed by atoms with E-state index >= 15 is 0 Å². The molecule has 2 unspecified atom stereocenters. The molecule has 4 aliphatic rings. The molecule has 0 radical (unpaired) electrons. The SMILES string of the molecule is C[C@H]1c2ccc(N3CCOCC3)c(O)c2C(O)=C2C(=O)[C@]3(O)C(=O)C(C(N)=O)C(O)[C@@H](N(C)C)[C@@H]3[C@@H](O)[C@@H]21. The Kier molecular flexibility index (Phi) is 6.31.